The molecule has 1 aliphatic rings. The number of hydrogen-bond donors (Lipinski definition) is 0. The first kappa shape index (κ1) is 21.2. The van der Waals surface area contributed by atoms with Gasteiger partial charge in [0.1, 0.15) is 0 Å². The van der Waals surface area contributed by atoms with Crippen LogP contribution in [-0.4, -0.2) is 40.0 Å². The number of nitrogens with zero attached hydrogens (tertiary/aromatic N) is 3. The fraction of sp³-hybridized carbons (Fsp3) is 0.304. The maximum absolute atomic E-state index is 12.6. The molecule has 0 N–H and O–H groups in total. The van der Waals surface area contributed by atoms with Crippen LogP contribution in [0.3, 0.4) is 0 Å². The van der Waals surface area contributed by atoms with Crippen LogP contribution in [-0.2, 0) is 16.1 Å². The van der Waals surface area contributed by atoms with Gasteiger partial charge in [0.2, 0.25) is 5.82 Å². The molecule has 0 spiro atoms. The van der Waals surface area contributed by atoms with Crippen LogP contribution in [0.5, 0.6) is 0 Å². The second-order valence-corrected chi connectivity index (χ2v) is 8.48. The van der Waals surface area contributed by atoms with Crippen LogP contribution in [0, 0.1) is 12.8 Å². The van der Waals surface area contributed by atoms with E-state index in [2.05, 4.69) is 26.1 Å². The van der Waals surface area contributed by atoms with Crippen molar-refractivity contribution >= 4 is 27.8 Å². The highest BCUT2D eigenvalue weighted by Gasteiger charge is 2.29. The van der Waals surface area contributed by atoms with Crippen LogP contribution in [0.2, 0.25) is 0 Å². The van der Waals surface area contributed by atoms with Gasteiger partial charge >= 0.3 is 5.97 Å². The monoisotopic (exact) mass is 483 g/mol. The lowest BCUT2D eigenvalue weighted by molar-refractivity contribution is -0.151. The van der Waals surface area contributed by atoms with E-state index in [4.69, 9.17) is 9.26 Å². The van der Waals surface area contributed by atoms with E-state index in [1.54, 1.807) is 17.0 Å². The molecule has 1 amide bonds. The van der Waals surface area contributed by atoms with Crippen LogP contribution in [0.25, 0.3) is 11.5 Å². The molecule has 7 nitrogen and oxygen atoms in total. The lowest BCUT2D eigenvalue weighted by Gasteiger charge is -2.31. The van der Waals surface area contributed by atoms with E-state index >= 15 is 0 Å². The van der Waals surface area contributed by atoms with Gasteiger partial charge in [0.15, 0.2) is 6.61 Å². The lowest BCUT2D eigenvalue weighted by Crippen LogP contribution is -2.40. The number of amides is 1. The zero-order valence-corrected chi connectivity index (χ0v) is 18.7. The van der Waals surface area contributed by atoms with E-state index in [0.29, 0.717) is 43.2 Å². The molecular weight excluding hydrogens is 462 g/mol. The number of likely N-dealkylation sites (tertiary alicyclic amines) is 1. The summed E-state index contributed by atoms with van der Waals surface area (Å²) >= 11 is 3.37. The predicted molar refractivity (Wildman–Crippen MR) is 117 cm³/mol. The van der Waals surface area contributed by atoms with Crippen molar-refractivity contribution in [3.63, 3.8) is 0 Å². The Hall–Kier alpha value is -3.00. The molecule has 8 heteroatoms. The summed E-state index contributed by atoms with van der Waals surface area (Å²) in [4.78, 5) is 31.1. The maximum Gasteiger partial charge on any atom is 0.309 e. The molecule has 1 saturated heterocycles. The molecule has 1 fully saturated rings. The molecule has 4 rings (SSSR count). The molecule has 3 aromatic rings. The molecule has 2 aromatic carbocycles. The Balaban J connectivity index is 1.26. The summed E-state index contributed by atoms with van der Waals surface area (Å²) < 4.78 is 11.6. The highest BCUT2D eigenvalue weighted by molar-refractivity contribution is 9.10. The van der Waals surface area contributed by atoms with Gasteiger partial charge in [-0.25, -0.2) is 0 Å². The maximum atomic E-state index is 12.6. The van der Waals surface area contributed by atoms with Crippen molar-refractivity contribution in [1.29, 1.82) is 0 Å². The topological polar surface area (TPSA) is 85.5 Å². The summed E-state index contributed by atoms with van der Waals surface area (Å²) in [5.41, 5.74) is 2.60. The third-order valence-corrected chi connectivity index (χ3v) is 5.85. The van der Waals surface area contributed by atoms with Crippen LogP contribution in [0.15, 0.2) is 57.5 Å². The fourth-order valence-corrected chi connectivity index (χ4v) is 3.74. The Morgan fingerprint density at radius 1 is 1.10 bits per heavy atom. The smallest absolute Gasteiger partial charge is 0.309 e. The molecule has 0 aliphatic carbocycles. The van der Waals surface area contributed by atoms with Gasteiger partial charge in [-0.1, -0.05) is 38.8 Å². The SMILES string of the molecule is Cc1ccc(-c2nc(COC(=O)C3CCN(C(=O)c4ccc(Br)cc4)CC3)no2)cc1. The minimum atomic E-state index is -0.294. The number of benzene rings is 2. The minimum Gasteiger partial charge on any atom is -0.457 e. The van der Waals surface area contributed by atoms with Crippen LogP contribution in [0.1, 0.15) is 34.6 Å². The largest absolute Gasteiger partial charge is 0.457 e. The third-order valence-electron chi connectivity index (χ3n) is 5.32. The molecule has 0 radical (unpaired) electrons. The van der Waals surface area contributed by atoms with Gasteiger partial charge in [0.25, 0.3) is 11.8 Å². The van der Waals surface area contributed by atoms with Crippen molar-refractivity contribution in [2.75, 3.05) is 13.1 Å². The van der Waals surface area contributed by atoms with Crippen molar-refractivity contribution in [1.82, 2.24) is 15.0 Å². The highest BCUT2D eigenvalue weighted by atomic mass is 79.9. The van der Waals surface area contributed by atoms with Crippen LogP contribution >= 0.6 is 15.9 Å². The number of hydrogen-bond acceptors (Lipinski definition) is 6. The fourth-order valence-electron chi connectivity index (χ4n) is 3.47. The summed E-state index contributed by atoms with van der Waals surface area (Å²) in [7, 11) is 0. The first-order chi connectivity index (χ1) is 15.0. The number of rotatable bonds is 5. The molecule has 160 valence electrons. The normalized spacial score (nSPS) is 14.5. The van der Waals surface area contributed by atoms with E-state index in [1.807, 2.05) is 43.3 Å². The first-order valence-electron chi connectivity index (χ1n) is 10.1. The number of ether oxygens (including phenoxy) is 1. The second-order valence-electron chi connectivity index (χ2n) is 7.56. The number of halogens is 1. The van der Waals surface area contributed by atoms with E-state index in [0.717, 1.165) is 15.6 Å². The summed E-state index contributed by atoms with van der Waals surface area (Å²) in [6, 6.07) is 15.0. The quantitative estimate of drug-likeness (QED) is 0.499. The Kier molecular flexibility index (Phi) is 6.46. The number of carbonyl (C=O) groups is 2. The van der Waals surface area contributed by atoms with Gasteiger partial charge in [-0.2, -0.15) is 4.98 Å². The molecular formula is C23H22BrN3O4. The summed E-state index contributed by atoms with van der Waals surface area (Å²) in [5.74, 6) is 0.169. The van der Waals surface area contributed by atoms with E-state index < -0.39 is 0 Å². The Morgan fingerprint density at radius 2 is 1.77 bits per heavy atom. The molecule has 1 aromatic heterocycles. The van der Waals surface area contributed by atoms with E-state index in [1.165, 1.54) is 0 Å². The predicted octanol–water partition coefficient (Wildman–Crippen LogP) is 4.40. The van der Waals surface area contributed by atoms with Crippen molar-refractivity contribution < 1.29 is 18.8 Å². The van der Waals surface area contributed by atoms with Gasteiger partial charge < -0.3 is 14.2 Å². The Morgan fingerprint density at radius 3 is 2.45 bits per heavy atom. The first-order valence-corrected chi connectivity index (χ1v) is 10.9. The van der Waals surface area contributed by atoms with Gasteiger partial charge in [0.05, 0.1) is 5.92 Å². The van der Waals surface area contributed by atoms with Crippen molar-refractivity contribution in [2.45, 2.75) is 26.4 Å². The highest BCUT2D eigenvalue weighted by Crippen LogP contribution is 2.22. The lowest BCUT2D eigenvalue weighted by atomic mass is 9.96. The molecule has 2 heterocycles. The number of piperidine rings is 1. The molecule has 31 heavy (non-hydrogen) atoms. The molecule has 1 aliphatic heterocycles. The molecule has 0 bridgehead atoms. The van der Waals surface area contributed by atoms with Gasteiger partial charge in [-0.15, -0.1) is 0 Å². The summed E-state index contributed by atoms with van der Waals surface area (Å²) in [5, 5.41) is 3.89. The minimum absolute atomic E-state index is 0.0188. The van der Waals surface area contributed by atoms with Crippen LogP contribution < -0.4 is 0 Å². The summed E-state index contributed by atoms with van der Waals surface area (Å²) in [6.07, 6.45) is 1.14. The van der Waals surface area contributed by atoms with Crippen molar-refractivity contribution in [2.24, 2.45) is 5.92 Å². The standard InChI is InChI=1S/C23H22BrN3O4/c1-15-2-4-16(5-3-15)21-25-20(26-31-21)14-30-23(29)18-10-12-27(13-11-18)22(28)17-6-8-19(24)9-7-17/h2-9,18H,10-14H2,1H3. The summed E-state index contributed by atoms with van der Waals surface area (Å²) in [6.45, 7) is 3.01. The van der Waals surface area contributed by atoms with E-state index in [9.17, 15) is 9.59 Å². The van der Waals surface area contributed by atoms with E-state index in [-0.39, 0.29) is 24.4 Å². The van der Waals surface area contributed by atoms with Gasteiger partial charge in [-0.05, 0) is 56.2 Å². The van der Waals surface area contributed by atoms with Crippen LogP contribution in [0.4, 0.5) is 0 Å². The molecule has 0 unspecified atom stereocenters. The third kappa shape index (κ3) is 5.19. The number of carbonyl (C=O) groups excluding carboxylic acids is 2. The second kappa shape index (κ2) is 9.43. The van der Waals surface area contributed by atoms with Crippen molar-refractivity contribution in [3.8, 4) is 11.5 Å². The number of esters is 1. The molecule has 0 saturated carbocycles. The average Bonchev–Trinajstić information content (AvgIpc) is 3.27. The Bertz CT molecular complexity index is 1060. The average molecular weight is 484 g/mol. The molecule has 0 atom stereocenters. The number of aryl methyl sites for hydroxylation is 1. The zero-order chi connectivity index (χ0) is 21.8. The van der Waals surface area contributed by atoms with Crippen molar-refractivity contribution in [3.05, 3.63) is 70.0 Å². The zero-order valence-electron chi connectivity index (χ0n) is 17.1. The Labute approximate surface area is 188 Å². The van der Waals surface area contributed by atoms with Gasteiger partial charge in [-0.3, -0.25) is 9.59 Å². The number of aromatic nitrogens is 2. The van der Waals surface area contributed by atoms with Gasteiger partial charge in [0, 0.05) is 28.7 Å².